The van der Waals surface area contributed by atoms with Crippen LogP contribution >= 0.6 is 0 Å². The highest BCUT2D eigenvalue weighted by Crippen LogP contribution is 2.42. The Morgan fingerprint density at radius 1 is 1.11 bits per heavy atom. The lowest BCUT2D eigenvalue weighted by molar-refractivity contribution is -0.126. The van der Waals surface area contributed by atoms with E-state index in [4.69, 9.17) is 5.26 Å². The molecule has 0 radical (unpaired) electrons. The number of rotatable bonds is 5. The Morgan fingerprint density at radius 3 is 2.46 bits per heavy atom. The zero-order valence-corrected chi connectivity index (χ0v) is 16.7. The fourth-order valence-corrected chi connectivity index (χ4v) is 4.67. The summed E-state index contributed by atoms with van der Waals surface area (Å²) in [5, 5.41) is 11.5. The van der Waals surface area contributed by atoms with E-state index in [1.807, 2.05) is 36.4 Å². The van der Waals surface area contributed by atoms with Gasteiger partial charge in [0.15, 0.2) is 9.84 Å². The van der Waals surface area contributed by atoms with Crippen molar-refractivity contribution in [1.82, 2.24) is 5.32 Å². The van der Waals surface area contributed by atoms with Crippen LogP contribution in [-0.2, 0) is 14.6 Å². The van der Waals surface area contributed by atoms with Crippen molar-refractivity contribution in [2.24, 2.45) is 5.92 Å². The molecule has 0 spiro atoms. The molecule has 1 aliphatic carbocycles. The number of amides is 1. The van der Waals surface area contributed by atoms with E-state index >= 15 is 0 Å². The molecular formula is C22H24N2O3S. The van der Waals surface area contributed by atoms with Gasteiger partial charge in [0, 0.05) is 12.2 Å². The van der Waals surface area contributed by atoms with Crippen LogP contribution in [0.1, 0.15) is 37.2 Å². The quantitative estimate of drug-likeness (QED) is 0.781. The monoisotopic (exact) mass is 396 g/mol. The molecule has 5 nitrogen and oxygen atoms in total. The molecule has 2 aromatic carbocycles. The van der Waals surface area contributed by atoms with Crippen molar-refractivity contribution in [2.45, 2.75) is 36.5 Å². The highest BCUT2D eigenvalue weighted by molar-refractivity contribution is 7.90. The first-order valence-electron chi connectivity index (χ1n) is 9.46. The number of carbonyl (C=O) groups is 1. The van der Waals surface area contributed by atoms with E-state index in [0.717, 1.165) is 42.4 Å². The summed E-state index contributed by atoms with van der Waals surface area (Å²) in [5.41, 5.74) is 3.06. The summed E-state index contributed by atoms with van der Waals surface area (Å²) in [6, 6.07) is 16.9. The first-order valence-corrected chi connectivity index (χ1v) is 11.3. The molecule has 0 unspecified atom stereocenters. The van der Waals surface area contributed by atoms with Gasteiger partial charge in [0.25, 0.3) is 0 Å². The average Bonchev–Trinajstić information content (AvgIpc) is 2.71. The molecule has 6 heteroatoms. The number of hydrogen-bond acceptors (Lipinski definition) is 4. The van der Waals surface area contributed by atoms with E-state index in [-0.39, 0.29) is 24.3 Å². The molecule has 28 heavy (non-hydrogen) atoms. The molecule has 2 aromatic rings. The molecule has 1 aliphatic rings. The van der Waals surface area contributed by atoms with Crippen LogP contribution in [0, 0.1) is 17.2 Å². The summed E-state index contributed by atoms with van der Waals surface area (Å²) >= 11 is 0. The number of nitrogens with one attached hydrogen (secondary N) is 1. The SMILES string of the molecule is CS(=O)(=O)c1ccc(-c2ccccc2[C@@H]2CCCC[C@H]2C(=O)NCC#N)cc1. The third-order valence-electron chi connectivity index (χ3n) is 5.40. The van der Waals surface area contributed by atoms with Gasteiger partial charge in [-0.2, -0.15) is 5.26 Å². The summed E-state index contributed by atoms with van der Waals surface area (Å²) in [5.74, 6) is -0.134. The second-order valence-corrected chi connectivity index (χ2v) is 9.27. The fourth-order valence-electron chi connectivity index (χ4n) is 4.04. The minimum Gasteiger partial charge on any atom is -0.343 e. The van der Waals surface area contributed by atoms with Crippen molar-refractivity contribution >= 4 is 15.7 Å². The molecule has 146 valence electrons. The van der Waals surface area contributed by atoms with Gasteiger partial charge in [-0.25, -0.2) is 8.42 Å². The van der Waals surface area contributed by atoms with E-state index in [0.29, 0.717) is 4.90 Å². The number of hydrogen-bond donors (Lipinski definition) is 1. The number of carbonyl (C=O) groups excluding carboxylic acids is 1. The Hall–Kier alpha value is -2.65. The van der Waals surface area contributed by atoms with Gasteiger partial charge in [-0.15, -0.1) is 0 Å². The third-order valence-corrected chi connectivity index (χ3v) is 6.53. The largest absolute Gasteiger partial charge is 0.343 e. The van der Waals surface area contributed by atoms with Gasteiger partial charge in [-0.1, -0.05) is 49.2 Å². The Morgan fingerprint density at radius 2 is 1.79 bits per heavy atom. The van der Waals surface area contributed by atoms with Crippen molar-refractivity contribution in [2.75, 3.05) is 12.8 Å². The Balaban J connectivity index is 1.96. The second-order valence-electron chi connectivity index (χ2n) is 7.26. The van der Waals surface area contributed by atoms with Crippen LogP contribution in [0.4, 0.5) is 0 Å². The van der Waals surface area contributed by atoms with Crippen molar-refractivity contribution in [1.29, 1.82) is 5.26 Å². The van der Waals surface area contributed by atoms with Crippen LogP contribution in [0.5, 0.6) is 0 Å². The predicted octanol–water partition coefficient (Wildman–Crippen LogP) is 3.67. The summed E-state index contributed by atoms with van der Waals surface area (Å²) in [6.07, 6.45) is 5.00. The van der Waals surface area contributed by atoms with Crippen LogP contribution in [0.3, 0.4) is 0 Å². The highest BCUT2D eigenvalue weighted by atomic mass is 32.2. The number of sulfone groups is 1. The van der Waals surface area contributed by atoms with Crippen LogP contribution in [0.2, 0.25) is 0 Å². The fraction of sp³-hybridized carbons (Fsp3) is 0.364. The Labute approximate surface area is 166 Å². The van der Waals surface area contributed by atoms with Gasteiger partial charge in [-0.3, -0.25) is 4.79 Å². The highest BCUT2D eigenvalue weighted by Gasteiger charge is 2.33. The molecule has 1 N–H and O–H groups in total. The van der Waals surface area contributed by atoms with Gasteiger partial charge < -0.3 is 5.32 Å². The molecule has 3 rings (SSSR count). The number of benzene rings is 2. The van der Waals surface area contributed by atoms with E-state index in [2.05, 4.69) is 11.4 Å². The number of nitriles is 1. The smallest absolute Gasteiger partial charge is 0.224 e. The maximum Gasteiger partial charge on any atom is 0.224 e. The van der Waals surface area contributed by atoms with Crippen LogP contribution in [-0.4, -0.2) is 27.1 Å². The normalized spacial score (nSPS) is 19.6. The first kappa shape index (κ1) is 20.1. The van der Waals surface area contributed by atoms with Gasteiger partial charge in [0.05, 0.1) is 11.0 Å². The lowest BCUT2D eigenvalue weighted by Gasteiger charge is -2.32. The van der Waals surface area contributed by atoms with Crippen molar-refractivity contribution in [3.05, 3.63) is 54.1 Å². The summed E-state index contributed by atoms with van der Waals surface area (Å²) < 4.78 is 23.5. The standard InChI is InChI=1S/C22H24N2O3S/c1-28(26,27)17-12-10-16(11-13-17)18-6-2-3-7-19(18)20-8-4-5-9-21(20)22(25)24-15-14-23/h2-3,6-7,10-13,20-21H,4-5,8-9,15H2,1H3,(H,24,25)/t20-,21+/m0/s1. The molecule has 1 saturated carbocycles. The topological polar surface area (TPSA) is 87.0 Å². The molecule has 0 heterocycles. The Bertz CT molecular complexity index is 991. The zero-order valence-electron chi connectivity index (χ0n) is 15.9. The molecule has 1 fully saturated rings. The van der Waals surface area contributed by atoms with Crippen molar-refractivity contribution in [3.63, 3.8) is 0 Å². The van der Waals surface area contributed by atoms with Gasteiger partial charge >= 0.3 is 0 Å². The first-order chi connectivity index (χ1) is 13.4. The molecule has 2 atom stereocenters. The third kappa shape index (κ3) is 4.42. The molecule has 0 aliphatic heterocycles. The van der Waals surface area contributed by atoms with Gasteiger partial charge in [0.2, 0.25) is 5.91 Å². The van der Waals surface area contributed by atoms with E-state index < -0.39 is 9.84 Å². The Kier molecular flexibility index (Phi) is 6.15. The summed E-state index contributed by atoms with van der Waals surface area (Å²) in [7, 11) is -3.24. The number of nitrogens with zero attached hydrogens (tertiary/aromatic N) is 1. The minimum atomic E-state index is -3.24. The lowest BCUT2D eigenvalue weighted by atomic mass is 9.73. The van der Waals surface area contributed by atoms with Crippen molar-refractivity contribution in [3.8, 4) is 17.2 Å². The van der Waals surface area contributed by atoms with Gasteiger partial charge in [-0.05, 0) is 47.6 Å². The van der Waals surface area contributed by atoms with E-state index in [9.17, 15) is 13.2 Å². The summed E-state index contributed by atoms with van der Waals surface area (Å²) in [4.78, 5) is 12.9. The molecular weight excluding hydrogens is 372 g/mol. The van der Waals surface area contributed by atoms with Crippen molar-refractivity contribution < 1.29 is 13.2 Å². The molecule has 1 amide bonds. The van der Waals surface area contributed by atoms with E-state index in [1.165, 1.54) is 6.26 Å². The average molecular weight is 397 g/mol. The predicted molar refractivity (Wildman–Crippen MR) is 108 cm³/mol. The molecule has 0 aromatic heterocycles. The van der Waals surface area contributed by atoms with Crippen LogP contribution < -0.4 is 5.32 Å². The summed E-state index contributed by atoms with van der Waals surface area (Å²) in [6.45, 7) is 0.0245. The lowest BCUT2D eigenvalue weighted by Crippen LogP contribution is -2.36. The molecule has 0 bridgehead atoms. The molecule has 0 saturated heterocycles. The van der Waals surface area contributed by atoms with Crippen LogP contribution in [0.25, 0.3) is 11.1 Å². The maximum absolute atomic E-state index is 12.6. The maximum atomic E-state index is 12.6. The second kappa shape index (κ2) is 8.57. The minimum absolute atomic E-state index is 0.0245. The zero-order chi connectivity index (χ0) is 20.1. The van der Waals surface area contributed by atoms with E-state index in [1.54, 1.807) is 12.1 Å². The van der Waals surface area contributed by atoms with Crippen LogP contribution in [0.15, 0.2) is 53.4 Å². The van der Waals surface area contributed by atoms with Gasteiger partial charge in [0.1, 0.15) is 6.54 Å².